The maximum absolute atomic E-state index is 12.3. The summed E-state index contributed by atoms with van der Waals surface area (Å²) in [6, 6.07) is 9.40. The van der Waals surface area contributed by atoms with Crippen LogP contribution in [0.1, 0.15) is 24.0 Å². The molecular weight excluding hydrogens is 290 g/mol. The van der Waals surface area contributed by atoms with Crippen LogP contribution in [0.2, 0.25) is 0 Å². The maximum Gasteiger partial charge on any atom is 0.237 e. The van der Waals surface area contributed by atoms with Gasteiger partial charge in [-0.1, -0.05) is 18.2 Å². The van der Waals surface area contributed by atoms with E-state index in [1.165, 1.54) is 0 Å². The van der Waals surface area contributed by atoms with E-state index in [2.05, 4.69) is 12.6 Å². The molecule has 0 radical (unpaired) electrons. The standard InChI is InChI=1S/C18H23N3O2/c1-2-3-4-17(22)13-20-9-10-21(18(23)14-20)12-16-7-5-15(11-19)6-8-16/h2,5-8,17,22H,1,3-4,9-10,12-14H2/t17-/m0/s1. The second-order valence-corrected chi connectivity index (χ2v) is 5.88. The van der Waals surface area contributed by atoms with Gasteiger partial charge in [0.05, 0.1) is 24.3 Å². The number of nitrogens with zero attached hydrogens (tertiary/aromatic N) is 3. The minimum absolute atomic E-state index is 0.0801. The van der Waals surface area contributed by atoms with Crippen LogP contribution in [0.25, 0.3) is 0 Å². The summed E-state index contributed by atoms with van der Waals surface area (Å²) in [6.07, 6.45) is 2.85. The average Bonchev–Trinajstić information content (AvgIpc) is 2.56. The number of benzene rings is 1. The lowest BCUT2D eigenvalue weighted by molar-refractivity contribution is -0.137. The second kappa shape index (κ2) is 8.47. The van der Waals surface area contributed by atoms with Crippen molar-refractivity contribution in [3.05, 3.63) is 48.0 Å². The Morgan fingerprint density at radius 1 is 1.35 bits per heavy atom. The quantitative estimate of drug-likeness (QED) is 0.775. The molecule has 1 aliphatic rings. The van der Waals surface area contributed by atoms with E-state index in [0.717, 1.165) is 18.5 Å². The van der Waals surface area contributed by atoms with Gasteiger partial charge in [0.2, 0.25) is 5.91 Å². The molecule has 1 fully saturated rings. The first-order chi connectivity index (χ1) is 11.1. The van der Waals surface area contributed by atoms with Crippen molar-refractivity contribution in [2.24, 2.45) is 0 Å². The summed E-state index contributed by atoms with van der Waals surface area (Å²) < 4.78 is 0. The van der Waals surface area contributed by atoms with E-state index in [1.54, 1.807) is 18.2 Å². The summed E-state index contributed by atoms with van der Waals surface area (Å²) in [5.74, 6) is 0.0801. The van der Waals surface area contributed by atoms with Crippen molar-refractivity contribution < 1.29 is 9.90 Å². The molecule has 5 nitrogen and oxygen atoms in total. The smallest absolute Gasteiger partial charge is 0.237 e. The largest absolute Gasteiger partial charge is 0.392 e. The van der Waals surface area contributed by atoms with Gasteiger partial charge >= 0.3 is 0 Å². The monoisotopic (exact) mass is 313 g/mol. The van der Waals surface area contributed by atoms with E-state index in [4.69, 9.17) is 5.26 Å². The third-order valence-corrected chi connectivity index (χ3v) is 4.03. The molecule has 23 heavy (non-hydrogen) atoms. The first-order valence-corrected chi connectivity index (χ1v) is 7.90. The van der Waals surface area contributed by atoms with Crippen molar-refractivity contribution in [3.8, 4) is 6.07 Å². The van der Waals surface area contributed by atoms with Crippen LogP contribution in [-0.2, 0) is 11.3 Å². The molecule has 0 bridgehead atoms. The Labute approximate surface area is 137 Å². The second-order valence-electron chi connectivity index (χ2n) is 5.88. The van der Waals surface area contributed by atoms with Crippen LogP contribution in [0.5, 0.6) is 0 Å². The van der Waals surface area contributed by atoms with Crippen molar-refractivity contribution in [3.63, 3.8) is 0 Å². The third-order valence-electron chi connectivity index (χ3n) is 4.03. The van der Waals surface area contributed by atoms with Gasteiger partial charge in [-0.05, 0) is 30.5 Å². The van der Waals surface area contributed by atoms with Crippen molar-refractivity contribution >= 4 is 5.91 Å². The predicted octanol–water partition coefficient (Wildman–Crippen LogP) is 1.53. The number of piperazine rings is 1. The van der Waals surface area contributed by atoms with E-state index < -0.39 is 6.10 Å². The van der Waals surface area contributed by atoms with Gasteiger partial charge in [0, 0.05) is 26.2 Å². The summed E-state index contributed by atoms with van der Waals surface area (Å²) in [5, 5.41) is 18.7. The Morgan fingerprint density at radius 2 is 2.09 bits per heavy atom. The van der Waals surface area contributed by atoms with Crippen molar-refractivity contribution in [2.75, 3.05) is 26.2 Å². The van der Waals surface area contributed by atoms with E-state index in [9.17, 15) is 9.90 Å². The molecule has 0 unspecified atom stereocenters. The van der Waals surface area contributed by atoms with Gasteiger partial charge in [-0.2, -0.15) is 5.26 Å². The number of hydrogen-bond donors (Lipinski definition) is 1. The lowest BCUT2D eigenvalue weighted by atomic mass is 10.1. The van der Waals surface area contributed by atoms with Gasteiger partial charge in [0.1, 0.15) is 0 Å². The number of aliphatic hydroxyl groups is 1. The summed E-state index contributed by atoms with van der Waals surface area (Å²) in [4.78, 5) is 16.1. The molecule has 1 heterocycles. The molecule has 1 saturated heterocycles. The number of carbonyl (C=O) groups excluding carboxylic acids is 1. The van der Waals surface area contributed by atoms with E-state index >= 15 is 0 Å². The number of nitriles is 1. The van der Waals surface area contributed by atoms with Crippen molar-refractivity contribution in [2.45, 2.75) is 25.5 Å². The number of allylic oxidation sites excluding steroid dienone is 1. The highest BCUT2D eigenvalue weighted by Crippen LogP contribution is 2.12. The number of amides is 1. The fourth-order valence-electron chi connectivity index (χ4n) is 2.68. The Morgan fingerprint density at radius 3 is 2.70 bits per heavy atom. The van der Waals surface area contributed by atoms with Crippen LogP contribution in [0, 0.1) is 11.3 Å². The molecule has 1 aliphatic heterocycles. The molecule has 1 N–H and O–H groups in total. The van der Waals surface area contributed by atoms with Crippen LogP contribution in [-0.4, -0.2) is 53.1 Å². The number of rotatable bonds is 7. The SMILES string of the molecule is C=CCC[C@H](O)CN1CCN(Cc2ccc(C#N)cc2)C(=O)C1. The molecule has 0 aromatic heterocycles. The van der Waals surface area contributed by atoms with Gasteiger partial charge in [-0.3, -0.25) is 9.69 Å². The molecule has 1 amide bonds. The number of aliphatic hydroxyl groups excluding tert-OH is 1. The summed E-state index contributed by atoms with van der Waals surface area (Å²) in [5.41, 5.74) is 1.65. The van der Waals surface area contributed by atoms with Gasteiger partial charge in [-0.15, -0.1) is 6.58 Å². The van der Waals surface area contributed by atoms with Gasteiger partial charge in [0.15, 0.2) is 0 Å². The van der Waals surface area contributed by atoms with E-state index in [-0.39, 0.29) is 5.91 Å². The fraction of sp³-hybridized carbons (Fsp3) is 0.444. The molecule has 5 heteroatoms. The Hall–Kier alpha value is -2.16. The van der Waals surface area contributed by atoms with Crippen LogP contribution in [0.15, 0.2) is 36.9 Å². The highest BCUT2D eigenvalue weighted by molar-refractivity contribution is 5.79. The lowest BCUT2D eigenvalue weighted by Gasteiger charge is -2.35. The lowest BCUT2D eigenvalue weighted by Crippen LogP contribution is -2.51. The first kappa shape index (κ1) is 17.2. The maximum atomic E-state index is 12.3. The fourth-order valence-corrected chi connectivity index (χ4v) is 2.68. The zero-order valence-corrected chi connectivity index (χ0v) is 13.3. The first-order valence-electron chi connectivity index (χ1n) is 7.90. The highest BCUT2D eigenvalue weighted by atomic mass is 16.3. The Balaban J connectivity index is 1.82. The Kier molecular flexibility index (Phi) is 6.33. The normalized spacial score (nSPS) is 16.9. The number of carbonyl (C=O) groups is 1. The highest BCUT2D eigenvalue weighted by Gasteiger charge is 2.25. The molecule has 122 valence electrons. The average molecular weight is 313 g/mol. The number of β-amino-alcohol motifs (C(OH)–C–C–N with tert-alkyl or cyclic N) is 1. The van der Waals surface area contributed by atoms with Crippen LogP contribution in [0.4, 0.5) is 0 Å². The van der Waals surface area contributed by atoms with Gasteiger partial charge < -0.3 is 10.0 Å². The molecular formula is C18H23N3O2. The molecule has 0 spiro atoms. The van der Waals surface area contributed by atoms with Gasteiger partial charge in [0.25, 0.3) is 0 Å². The summed E-state index contributed by atoms with van der Waals surface area (Å²) in [7, 11) is 0. The van der Waals surface area contributed by atoms with Crippen LogP contribution in [0.3, 0.4) is 0 Å². The minimum atomic E-state index is -0.411. The minimum Gasteiger partial charge on any atom is -0.392 e. The van der Waals surface area contributed by atoms with Crippen molar-refractivity contribution in [1.82, 2.24) is 9.80 Å². The molecule has 2 rings (SSSR count). The zero-order valence-electron chi connectivity index (χ0n) is 13.3. The number of hydrogen-bond acceptors (Lipinski definition) is 4. The third kappa shape index (κ3) is 5.20. The molecule has 0 saturated carbocycles. The molecule has 1 aromatic carbocycles. The van der Waals surface area contributed by atoms with E-state index in [1.807, 2.05) is 21.9 Å². The molecule has 1 aromatic rings. The molecule has 0 aliphatic carbocycles. The summed E-state index contributed by atoms with van der Waals surface area (Å²) in [6.45, 7) is 6.53. The summed E-state index contributed by atoms with van der Waals surface area (Å²) >= 11 is 0. The van der Waals surface area contributed by atoms with Crippen molar-refractivity contribution in [1.29, 1.82) is 5.26 Å². The van der Waals surface area contributed by atoms with Crippen LogP contribution >= 0.6 is 0 Å². The van der Waals surface area contributed by atoms with E-state index in [0.29, 0.717) is 38.2 Å². The topological polar surface area (TPSA) is 67.6 Å². The van der Waals surface area contributed by atoms with Crippen LogP contribution < -0.4 is 0 Å². The molecule has 1 atom stereocenters. The Bertz CT molecular complexity index is 577. The predicted molar refractivity (Wildman–Crippen MR) is 88.5 cm³/mol. The zero-order chi connectivity index (χ0) is 16.7. The van der Waals surface area contributed by atoms with Gasteiger partial charge in [-0.25, -0.2) is 0 Å².